The molecule has 1 aromatic carbocycles. The Bertz CT molecular complexity index is 682. The van der Waals surface area contributed by atoms with E-state index in [-0.39, 0.29) is 18.0 Å². The van der Waals surface area contributed by atoms with Gasteiger partial charge in [0.1, 0.15) is 17.5 Å². The third-order valence-electron chi connectivity index (χ3n) is 4.31. The number of nitrogen functional groups attached to an aromatic ring is 1. The zero-order chi connectivity index (χ0) is 20.2. The van der Waals surface area contributed by atoms with Crippen LogP contribution in [0.5, 0.6) is 0 Å². The van der Waals surface area contributed by atoms with Crippen LogP contribution in [0.25, 0.3) is 0 Å². The first-order valence-electron chi connectivity index (χ1n) is 9.06. The van der Waals surface area contributed by atoms with Crippen molar-refractivity contribution in [2.45, 2.75) is 38.8 Å². The maximum atomic E-state index is 13.8. The number of nitrogens with zero attached hydrogens (tertiary/aromatic N) is 2. The van der Waals surface area contributed by atoms with Gasteiger partial charge < -0.3 is 25.6 Å². The number of ether oxygens (including phenoxy) is 1. The quantitative estimate of drug-likeness (QED) is 0.775. The summed E-state index contributed by atoms with van der Waals surface area (Å²) in [6, 6.07) is 3.55. The molecule has 1 heterocycles. The number of carbonyl (C=O) groups excluding carboxylic acids is 2. The van der Waals surface area contributed by atoms with Gasteiger partial charge in [-0.05, 0) is 45.5 Å². The summed E-state index contributed by atoms with van der Waals surface area (Å²) in [5.41, 5.74) is 5.45. The van der Waals surface area contributed by atoms with E-state index in [0.29, 0.717) is 18.7 Å². The summed E-state index contributed by atoms with van der Waals surface area (Å²) >= 11 is 0. The van der Waals surface area contributed by atoms with E-state index in [9.17, 15) is 14.0 Å². The van der Waals surface area contributed by atoms with E-state index in [0.717, 1.165) is 13.1 Å². The molecular formula is C19H29FN4O3. The lowest BCUT2D eigenvalue weighted by Gasteiger charge is -2.35. The van der Waals surface area contributed by atoms with Crippen LogP contribution >= 0.6 is 0 Å². The summed E-state index contributed by atoms with van der Waals surface area (Å²) in [6.07, 6.45) is -0.521. The van der Waals surface area contributed by atoms with Crippen LogP contribution in [0.2, 0.25) is 0 Å². The second-order valence-electron chi connectivity index (χ2n) is 7.89. The summed E-state index contributed by atoms with van der Waals surface area (Å²) in [7, 11) is 2.00. The average molecular weight is 380 g/mol. The first kappa shape index (κ1) is 21.0. The van der Waals surface area contributed by atoms with Crippen LogP contribution in [0, 0.1) is 5.82 Å². The number of anilines is 1. The zero-order valence-corrected chi connectivity index (χ0v) is 16.4. The van der Waals surface area contributed by atoms with Gasteiger partial charge in [0.15, 0.2) is 0 Å². The third-order valence-corrected chi connectivity index (χ3v) is 4.31. The number of likely N-dealkylation sites (N-methyl/N-ethyl adjacent to an activating group) is 1. The van der Waals surface area contributed by atoms with Crippen LogP contribution in [0.15, 0.2) is 18.2 Å². The molecule has 0 aliphatic carbocycles. The van der Waals surface area contributed by atoms with Gasteiger partial charge in [0.25, 0.3) is 0 Å². The number of nitrogens with two attached hydrogens (primary N) is 1. The predicted molar refractivity (Wildman–Crippen MR) is 102 cm³/mol. The molecule has 0 saturated carbocycles. The highest BCUT2D eigenvalue weighted by atomic mass is 19.1. The summed E-state index contributed by atoms with van der Waals surface area (Å²) in [5.74, 6) is -0.748. The molecule has 150 valence electrons. The van der Waals surface area contributed by atoms with Gasteiger partial charge in [-0.15, -0.1) is 0 Å². The Morgan fingerprint density at radius 1 is 1.26 bits per heavy atom. The van der Waals surface area contributed by atoms with Crippen molar-refractivity contribution in [3.63, 3.8) is 0 Å². The topological polar surface area (TPSA) is 87.9 Å². The van der Waals surface area contributed by atoms with Gasteiger partial charge in [-0.25, -0.2) is 9.18 Å². The predicted octanol–water partition coefficient (Wildman–Crippen LogP) is 1.62. The van der Waals surface area contributed by atoms with E-state index in [1.165, 1.54) is 12.1 Å². The molecule has 1 saturated heterocycles. The number of hydrogen-bond acceptors (Lipinski definition) is 5. The first-order valence-corrected chi connectivity index (χ1v) is 9.06. The summed E-state index contributed by atoms with van der Waals surface area (Å²) in [6.45, 7) is 7.94. The lowest BCUT2D eigenvalue weighted by molar-refractivity contribution is -0.135. The molecule has 1 unspecified atom stereocenters. The average Bonchev–Trinajstić information content (AvgIpc) is 2.56. The smallest absolute Gasteiger partial charge is 0.408 e. The van der Waals surface area contributed by atoms with Crippen LogP contribution in [0.3, 0.4) is 0 Å². The summed E-state index contributed by atoms with van der Waals surface area (Å²) in [4.78, 5) is 29.0. The second-order valence-corrected chi connectivity index (χ2v) is 7.89. The van der Waals surface area contributed by atoms with E-state index >= 15 is 0 Å². The van der Waals surface area contributed by atoms with Crippen molar-refractivity contribution in [3.8, 4) is 0 Å². The van der Waals surface area contributed by atoms with Crippen molar-refractivity contribution in [1.82, 2.24) is 15.1 Å². The Balaban J connectivity index is 2.15. The largest absolute Gasteiger partial charge is 0.444 e. The van der Waals surface area contributed by atoms with Crippen molar-refractivity contribution < 1.29 is 18.7 Å². The minimum absolute atomic E-state index is 0.0424. The lowest BCUT2D eigenvalue weighted by Crippen LogP contribution is -2.55. The second kappa shape index (κ2) is 8.56. The van der Waals surface area contributed by atoms with E-state index in [1.807, 2.05) is 7.05 Å². The Morgan fingerprint density at radius 3 is 2.44 bits per heavy atom. The lowest BCUT2D eigenvalue weighted by atomic mass is 10.0. The van der Waals surface area contributed by atoms with Gasteiger partial charge in [0.05, 0.1) is 5.69 Å². The van der Waals surface area contributed by atoms with Crippen LogP contribution in [-0.2, 0) is 16.0 Å². The molecule has 0 spiro atoms. The minimum atomic E-state index is -0.841. The normalized spacial score (nSPS) is 16.7. The van der Waals surface area contributed by atoms with Crippen LogP contribution < -0.4 is 11.1 Å². The highest BCUT2D eigenvalue weighted by molar-refractivity contribution is 5.86. The van der Waals surface area contributed by atoms with Crippen molar-refractivity contribution in [3.05, 3.63) is 29.6 Å². The molecule has 2 rings (SSSR count). The van der Waals surface area contributed by atoms with Crippen molar-refractivity contribution >= 4 is 17.7 Å². The standard InChI is InChI=1S/C19H29FN4O3/c1-19(2,3)27-18(26)22-16(12-13-5-6-15(21)14(20)11-13)17(25)24-9-7-23(4)8-10-24/h5-6,11,16H,7-10,12,21H2,1-4H3,(H,22,26). The molecule has 0 radical (unpaired) electrons. The molecule has 1 aliphatic heterocycles. The Labute approximate surface area is 159 Å². The number of carbonyl (C=O) groups is 2. The SMILES string of the molecule is CN1CCN(C(=O)C(Cc2ccc(N)c(F)c2)NC(=O)OC(C)(C)C)CC1. The minimum Gasteiger partial charge on any atom is -0.444 e. The molecule has 0 aromatic heterocycles. The van der Waals surface area contributed by atoms with E-state index in [4.69, 9.17) is 10.5 Å². The van der Waals surface area contributed by atoms with Crippen LogP contribution in [-0.4, -0.2) is 66.7 Å². The fourth-order valence-corrected chi connectivity index (χ4v) is 2.83. The third kappa shape index (κ3) is 6.39. The molecule has 1 aliphatic rings. The highest BCUT2D eigenvalue weighted by Crippen LogP contribution is 2.15. The van der Waals surface area contributed by atoms with Gasteiger partial charge >= 0.3 is 6.09 Å². The number of benzene rings is 1. The molecule has 8 heteroatoms. The maximum absolute atomic E-state index is 13.8. The van der Waals surface area contributed by atoms with Crippen molar-refractivity contribution in [1.29, 1.82) is 0 Å². The maximum Gasteiger partial charge on any atom is 0.408 e. The summed E-state index contributed by atoms with van der Waals surface area (Å²) in [5, 5.41) is 2.64. The molecule has 7 nitrogen and oxygen atoms in total. The Hall–Kier alpha value is -2.35. The summed E-state index contributed by atoms with van der Waals surface area (Å²) < 4.78 is 19.1. The van der Waals surface area contributed by atoms with E-state index in [1.54, 1.807) is 31.7 Å². The molecule has 1 fully saturated rings. The van der Waals surface area contributed by atoms with Crippen molar-refractivity contribution in [2.24, 2.45) is 0 Å². The number of alkyl carbamates (subject to hydrolysis) is 1. The number of halogens is 1. The van der Waals surface area contributed by atoms with Gasteiger partial charge in [0.2, 0.25) is 5.91 Å². The molecule has 1 atom stereocenters. The number of piperazine rings is 1. The molecule has 27 heavy (non-hydrogen) atoms. The monoisotopic (exact) mass is 380 g/mol. The van der Waals surface area contributed by atoms with Crippen molar-refractivity contribution in [2.75, 3.05) is 39.0 Å². The Morgan fingerprint density at radius 2 is 1.89 bits per heavy atom. The van der Waals surface area contributed by atoms with E-state index in [2.05, 4.69) is 10.2 Å². The highest BCUT2D eigenvalue weighted by Gasteiger charge is 2.30. The fraction of sp³-hybridized carbons (Fsp3) is 0.579. The molecular weight excluding hydrogens is 351 g/mol. The molecule has 3 N–H and O–H groups in total. The first-order chi connectivity index (χ1) is 12.5. The Kier molecular flexibility index (Phi) is 6.64. The number of amides is 2. The number of rotatable bonds is 4. The van der Waals surface area contributed by atoms with Gasteiger partial charge in [0, 0.05) is 32.6 Å². The fourth-order valence-electron chi connectivity index (χ4n) is 2.83. The van der Waals surface area contributed by atoms with Gasteiger partial charge in [-0.1, -0.05) is 6.07 Å². The van der Waals surface area contributed by atoms with Crippen LogP contribution in [0.4, 0.5) is 14.9 Å². The van der Waals surface area contributed by atoms with Gasteiger partial charge in [-0.3, -0.25) is 4.79 Å². The van der Waals surface area contributed by atoms with Gasteiger partial charge in [-0.2, -0.15) is 0 Å². The molecule has 2 amide bonds. The number of nitrogens with one attached hydrogen (secondary N) is 1. The molecule has 0 bridgehead atoms. The zero-order valence-electron chi connectivity index (χ0n) is 16.4. The van der Waals surface area contributed by atoms with Crippen LogP contribution in [0.1, 0.15) is 26.3 Å². The molecule has 1 aromatic rings. The van der Waals surface area contributed by atoms with E-state index < -0.39 is 23.6 Å². The number of hydrogen-bond donors (Lipinski definition) is 2.